The van der Waals surface area contributed by atoms with Crippen molar-refractivity contribution in [2.75, 3.05) is 35.2 Å². The van der Waals surface area contributed by atoms with E-state index in [0.717, 1.165) is 37.2 Å². The molecule has 152 valence electrons. The van der Waals surface area contributed by atoms with Crippen LogP contribution in [0.2, 0.25) is 0 Å². The minimum Gasteiger partial charge on any atom is -0.372 e. The number of hydrogen-bond acceptors (Lipinski definition) is 4. The molecule has 2 heterocycles. The fraction of sp³-hybridized carbons (Fsp3) is 0.391. The molecular formula is C23H27N3O3. The maximum absolute atomic E-state index is 12.7. The van der Waals surface area contributed by atoms with Crippen LogP contribution in [0.1, 0.15) is 41.6 Å². The van der Waals surface area contributed by atoms with Crippen molar-refractivity contribution in [1.82, 2.24) is 0 Å². The molecule has 6 heteroatoms. The largest absolute Gasteiger partial charge is 0.372 e. The highest BCUT2D eigenvalue weighted by atomic mass is 16.5. The highest BCUT2D eigenvalue weighted by molar-refractivity contribution is 6.06. The molecule has 6 nitrogen and oxygen atoms in total. The highest BCUT2D eigenvalue weighted by Crippen LogP contribution is 2.26. The third-order valence-corrected chi connectivity index (χ3v) is 5.54. The molecule has 0 bridgehead atoms. The van der Waals surface area contributed by atoms with Gasteiger partial charge in [-0.3, -0.25) is 9.59 Å². The van der Waals surface area contributed by atoms with Gasteiger partial charge in [0.05, 0.1) is 0 Å². The maximum atomic E-state index is 12.7. The molecule has 2 fully saturated rings. The predicted molar refractivity (Wildman–Crippen MR) is 115 cm³/mol. The third-order valence-electron chi connectivity index (χ3n) is 5.54. The summed E-state index contributed by atoms with van der Waals surface area (Å²) in [7, 11) is 0. The normalized spacial score (nSPS) is 18.7. The first-order valence-electron chi connectivity index (χ1n) is 10.3. The molecule has 2 aromatic carbocycles. The van der Waals surface area contributed by atoms with Gasteiger partial charge in [-0.1, -0.05) is 6.07 Å². The molecule has 0 radical (unpaired) electrons. The first-order chi connectivity index (χ1) is 14.1. The Hall–Kier alpha value is -2.86. The number of amides is 2. The van der Waals surface area contributed by atoms with E-state index in [-0.39, 0.29) is 11.8 Å². The van der Waals surface area contributed by atoms with E-state index in [1.54, 1.807) is 24.3 Å². The zero-order valence-corrected chi connectivity index (χ0v) is 16.7. The summed E-state index contributed by atoms with van der Waals surface area (Å²) in [5, 5.41) is 5.83. The molecule has 2 amide bonds. The van der Waals surface area contributed by atoms with E-state index in [4.69, 9.17) is 4.74 Å². The minimum atomic E-state index is -0.399. The van der Waals surface area contributed by atoms with E-state index in [1.807, 2.05) is 13.0 Å². The van der Waals surface area contributed by atoms with Crippen LogP contribution in [0.4, 0.5) is 17.1 Å². The van der Waals surface area contributed by atoms with Crippen LogP contribution < -0.4 is 15.5 Å². The number of nitrogens with one attached hydrogen (secondary N) is 2. The summed E-state index contributed by atoms with van der Waals surface area (Å²) < 4.78 is 5.41. The second-order valence-electron chi connectivity index (χ2n) is 7.72. The van der Waals surface area contributed by atoms with Crippen LogP contribution in [0.25, 0.3) is 0 Å². The van der Waals surface area contributed by atoms with Gasteiger partial charge in [0.2, 0.25) is 0 Å². The average Bonchev–Trinajstić information content (AvgIpc) is 3.44. The summed E-state index contributed by atoms with van der Waals surface area (Å²) in [4.78, 5) is 27.3. The van der Waals surface area contributed by atoms with E-state index in [1.165, 1.54) is 18.5 Å². The Morgan fingerprint density at radius 3 is 2.59 bits per heavy atom. The van der Waals surface area contributed by atoms with Gasteiger partial charge in [0.1, 0.15) is 6.10 Å². The lowest BCUT2D eigenvalue weighted by Gasteiger charge is -2.19. The van der Waals surface area contributed by atoms with Crippen molar-refractivity contribution >= 4 is 28.9 Å². The lowest BCUT2D eigenvalue weighted by molar-refractivity contribution is -0.124. The average molecular weight is 393 g/mol. The van der Waals surface area contributed by atoms with Crippen molar-refractivity contribution < 1.29 is 14.3 Å². The summed E-state index contributed by atoms with van der Waals surface area (Å²) in [5.41, 5.74) is 4.13. The molecule has 2 aliphatic rings. The molecule has 4 rings (SSSR count). The van der Waals surface area contributed by atoms with Crippen molar-refractivity contribution in [3.8, 4) is 0 Å². The van der Waals surface area contributed by atoms with Crippen molar-refractivity contribution in [3.63, 3.8) is 0 Å². The Bertz CT molecular complexity index is 900. The summed E-state index contributed by atoms with van der Waals surface area (Å²) in [6, 6.07) is 13.1. The fourth-order valence-electron chi connectivity index (χ4n) is 3.90. The Kier molecular flexibility index (Phi) is 5.81. The molecule has 1 atom stereocenters. The number of rotatable bonds is 5. The van der Waals surface area contributed by atoms with Crippen LogP contribution in [-0.2, 0) is 9.53 Å². The summed E-state index contributed by atoms with van der Waals surface area (Å²) >= 11 is 0. The summed E-state index contributed by atoms with van der Waals surface area (Å²) in [6.07, 6.45) is 3.70. The van der Waals surface area contributed by atoms with Gasteiger partial charge in [-0.2, -0.15) is 0 Å². The quantitative estimate of drug-likeness (QED) is 0.807. The van der Waals surface area contributed by atoms with Crippen LogP contribution >= 0.6 is 0 Å². The van der Waals surface area contributed by atoms with Crippen LogP contribution in [-0.4, -0.2) is 37.6 Å². The number of nitrogens with zero attached hydrogens (tertiary/aromatic N) is 1. The zero-order valence-electron chi connectivity index (χ0n) is 16.7. The molecule has 0 unspecified atom stereocenters. The van der Waals surface area contributed by atoms with Gasteiger partial charge in [-0.05, 0) is 74.6 Å². The van der Waals surface area contributed by atoms with Crippen molar-refractivity contribution in [2.24, 2.45) is 0 Å². The SMILES string of the molecule is Cc1cc(N2CCCC2)ccc1NC(=O)c1cccc(NC(=O)[C@@H]2CCCO2)c1. The second kappa shape index (κ2) is 8.66. The number of carbonyl (C=O) groups is 2. The lowest BCUT2D eigenvalue weighted by Crippen LogP contribution is -2.27. The standard InChI is InChI=1S/C23H27N3O3/c1-16-14-19(26-11-2-3-12-26)9-10-20(16)25-22(27)17-6-4-7-18(15-17)24-23(28)21-8-5-13-29-21/h4,6-7,9-10,14-15,21H,2-3,5,8,11-13H2,1H3,(H,24,28)(H,25,27)/t21-/m0/s1. The summed E-state index contributed by atoms with van der Waals surface area (Å²) in [6.45, 7) is 4.81. The molecular weight excluding hydrogens is 366 g/mol. The molecule has 29 heavy (non-hydrogen) atoms. The zero-order chi connectivity index (χ0) is 20.2. The molecule has 0 aromatic heterocycles. The maximum Gasteiger partial charge on any atom is 0.255 e. The van der Waals surface area contributed by atoms with E-state index < -0.39 is 6.10 Å². The van der Waals surface area contributed by atoms with Crippen molar-refractivity contribution in [2.45, 2.75) is 38.7 Å². The Morgan fingerprint density at radius 1 is 1.03 bits per heavy atom. The number of carbonyl (C=O) groups excluding carboxylic acids is 2. The molecule has 0 aliphatic carbocycles. The minimum absolute atomic E-state index is 0.159. The lowest BCUT2D eigenvalue weighted by atomic mass is 10.1. The molecule has 2 saturated heterocycles. The summed E-state index contributed by atoms with van der Waals surface area (Å²) in [5.74, 6) is -0.358. The molecule has 0 spiro atoms. The molecule has 2 aromatic rings. The van der Waals surface area contributed by atoms with E-state index >= 15 is 0 Å². The third kappa shape index (κ3) is 4.59. The molecule has 2 aliphatic heterocycles. The second-order valence-corrected chi connectivity index (χ2v) is 7.72. The van der Waals surface area contributed by atoms with Gasteiger partial charge in [0, 0.05) is 42.3 Å². The number of benzene rings is 2. The first kappa shape index (κ1) is 19.5. The number of ether oxygens (including phenoxy) is 1. The van der Waals surface area contributed by atoms with E-state index in [9.17, 15) is 9.59 Å². The number of aryl methyl sites for hydroxylation is 1. The molecule has 2 N–H and O–H groups in total. The first-order valence-corrected chi connectivity index (χ1v) is 10.3. The topological polar surface area (TPSA) is 70.7 Å². The fourth-order valence-corrected chi connectivity index (χ4v) is 3.90. The van der Waals surface area contributed by atoms with E-state index in [0.29, 0.717) is 17.9 Å². The Morgan fingerprint density at radius 2 is 1.86 bits per heavy atom. The van der Waals surface area contributed by atoms with Crippen LogP contribution in [0.15, 0.2) is 42.5 Å². The predicted octanol–water partition coefficient (Wildman–Crippen LogP) is 3.97. The van der Waals surface area contributed by atoms with Crippen LogP contribution in [0.3, 0.4) is 0 Å². The monoisotopic (exact) mass is 393 g/mol. The van der Waals surface area contributed by atoms with Crippen molar-refractivity contribution in [1.29, 1.82) is 0 Å². The van der Waals surface area contributed by atoms with Crippen LogP contribution in [0.5, 0.6) is 0 Å². The van der Waals surface area contributed by atoms with E-state index in [2.05, 4.69) is 27.7 Å². The number of anilines is 3. The van der Waals surface area contributed by atoms with Gasteiger partial charge in [0.25, 0.3) is 11.8 Å². The van der Waals surface area contributed by atoms with Gasteiger partial charge >= 0.3 is 0 Å². The van der Waals surface area contributed by atoms with Gasteiger partial charge < -0.3 is 20.3 Å². The Labute approximate surface area is 171 Å². The smallest absolute Gasteiger partial charge is 0.255 e. The Balaban J connectivity index is 1.42. The molecule has 0 saturated carbocycles. The van der Waals surface area contributed by atoms with Crippen molar-refractivity contribution in [3.05, 3.63) is 53.6 Å². The highest BCUT2D eigenvalue weighted by Gasteiger charge is 2.23. The van der Waals surface area contributed by atoms with Gasteiger partial charge in [-0.25, -0.2) is 0 Å². The van der Waals surface area contributed by atoms with Gasteiger partial charge in [-0.15, -0.1) is 0 Å². The van der Waals surface area contributed by atoms with Gasteiger partial charge in [0.15, 0.2) is 0 Å². The van der Waals surface area contributed by atoms with Crippen LogP contribution in [0, 0.1) is 6.92 Å². The number of hydrogen-bond donors (Lipinski definition) is 2.